The number of amides is 2. The van der Waals surface area contributed by atoms with Crippen LogP contribution in [-0.2, 0) is 17.9 Å². The van der Waals surface area contributed by atoms with Gasteiger partial charge in [-0.15, -0.1) is 11.3 Å². The van der Waals surface area contributed by atoms with Crippen LogP contribution in [0.3, 0.4) is 0 Å². The number of hydrogen-bond donors (Lipinski definition) is 1. The van der Waals surface area contributed by atoms with Crippen molar-refractivity contribution in [2.24, 2.45) is 0 Å². The molecule has 0 saturated carbocycles. The van der Waals surface area contributed by atoms with Gasteiger partial charge in [0.05, 0.1) is 13.7 Å². The Morgan fingerprint density at radius 3 is 2.76 bits per heavy atom. The Balaban J connectivity index is 1.58. The third-order valence-corrected chi connectivity index (χ3v) is 7.59. The summed E-state index contributed by atoms with van der Waals surface area (Å²) in [4.78, 5) is 30.3. The number of benzene rings is 2. The molecule has 1 aliphatic rings. The summed E-state index contributed by atoms with van der Waals surface area (Å²) in [6.07, 6.45) is 0. The highest BCUT2D eigenvalue weighted by molar-refractivity contribution is 7.16. The minimum atomic E-state index is -1.17. The Bertz CT molecular complexity index is 1430. The number of nitrogens with zero attached hydrogens (tertiary/aromatic N) is 2. The van der Waals surface area contributed by atoms with Crippen LogP contribution in [0, 0.1) is 6.92 Å². The van der Waals surface area contributed by atoms with Gasteiger partial charge in [0, 0.05) is 28.2 Å². The molecule has 1 atom stereocenters. The Hall–Kier alpha value is -3.29. The average molecular weight is 494 g/mol. The van der Waals surface area contributed by atoms with Crippen LogP contribution in [0.1, 0.15) is 28.5 Å². The van der Waals surface area contributed by atoms with Gasteiger partial charge in [0.25, 0.3) is 5.91 Å². The number of thiophene rings is 1. The number of ether oxygens (including phenoxy) is 1. The van der Waals surface area contributed by atoms with E-state index in [9.17, 15) is 9.59 Å². The van der Waals surface area contributed by atoms with E-state index in [0.29, 0.717) is 28.7 Å². The summed E-state index contributed by atoms with van der Waals surface area (Å²) in [5.41, 5.74) is 1.76. The van der Waals surface area contributed by atoms with Gasteiger partial charge in [0.2, 0.25) is 5.91 Å². The Kier molecular flexibility index (Phi) is 5.62. The lowest BCUT2D eigenvalue weighted by Gasteiger charge is -2.44. The molecule has 3 heterocycles. The summed E-state index contributed by atoms with van der Waals surface area (Å²) in [7, 11) is 1.60. The second-order valence-corrected chi connectivity index (χ2v) is 9.97. The van der Waals surface area contributed by atoms with Crippen molar-refractivity contribution < 1.29 is 14.3 Å². The Labute approximate surface area is 206 Å². The van der Waals surface area contributed by atoms with Crippen LogP contribution in [0.15, 0.2) is 60.0 Å². The third-order valence-electron chi connectivity index (χ3n) is 6.40. The van der Waals surface area contributed by atoms with Crippen molar-refractivity contribution in [1.29, 1.82) is 0 Å². The van der Waals surface area contributed by atoms with Crippen molar-refractivity contribution in [2.75, 3.05) is 12.0 Å². The fraction of sp³-hybridized carbons (Fsp3) is 0.231. The predicted octanol–water partition coefficient (Wildman–Crippen LogP) is 5.41. The zero-order valence-electron chi connectivity index (χ0n) is 19.1. The zero-order chi connectivity index (χ0) is 24.0. The van der Waals surface area contributed by atoms with Crippen molar-refractivity contribution in [1.82, 2.24) is 9.88 Å². The fourth-order valence-electron chi connectivity index (χ4n) is 4.66. The normalized spacial score (nSPS) is 17.6. The van der Waals surface area contributed by atoms with Crippen LogP contribution < -0.4 is 15.0 Å². The highest BCUT2D eigenvalue weighted by Crippen LogP contribution is 2.39. The quantitative estimate of drug-likeness (QED) is 0.404. The van der Waals surface area contributed by atoms with Crippen molar-refractivity contribution in [3.8, 4) is 5.75 Å². The van der Waals surface area contributed by atoms with Gasteiger partial charge < -0.3 is 14.6 Å². The molecule has 8 heteroatoms. The molecule has 2 amide bonds. The number of rotatable bonds is 5. The molecule has 0 fully saturated rings. The number of para-hydroxylation sites is 1. The van der Waals surface area contributed by atoms with Crippen LogP contribution in [0.25, 0.3) is 10.2 Å². The first-order valence-electron chi connectivity index (χ1n) is 10.9. The summed E-state index contributed by atoms with van der Waals surface area (Å²) >= 11 is 7.76. The molecular formula is C26H24ClN3O3S. The number of aromatic nitrogens is 1. The van der Waals surface area contributed by atoms with Crippen molar-refractivity contribution in [3.63, 3.8) is 0 Å². The molecule has 0 radical (unpaired) electrons. The number of hydrogen-bond acceptors (Lipinski definition) is 4. The van der Waals surface area contributed by atoms with E-state index in [4.69, 9.17) is 16.3 Å². The summed E-state index contributed by atoms with van der Waals surface area (Å²) in [6, 6.07) is 16.8. The van der Waals surface area contributed by atoms with E-state index in [-0.39, 0.29) is 18.4 Å². The molecule has 1 aliphatic heterocycles. The highest BCUT2D eigenvalue weighted by Gasteiger charge is 2.49. The number of nitrogens with one attached hydrogen (secondary N) is 1. The summed E-state index contributed by atoms with van der Waals surface area (Å²) in [6.45, 7) is 4.33. The van der Waals surface area contributed by atoms with E-state index < -0.39 is 5.54 Å². The van der Waals surface area contributed by atoms with Crippen molar-refractivity contribution in [2.45, 2.75) is 32.5 Å². The molecule has 0 bridgehead atoms. The molecule has 1 N–H and O–H groups in total. The number of fused-ring (bicyclic) bond motifs is 3. The molecule has 0 saturated heterocycles. The van der Waals surface area contributed by atoms with Crippen molar-refractivity contribution in [3.05, 3.63) is 81.8 Å². The maximum Gasteiger partial charge on any atom is 0.275 e. The number of anilines is 1. The number of aryl methyl sites for hydroxylation is 1. The Morgan fingerprint density at radius 2 is 2.00 bits per heavy atom. The van der Waals surface area contributed by atoms with Crippen LogP contribution in [0.5, 0.6) is 5.75 Å². The summed E-state index contributed by atoms with van der Waals surface area (Å²) in [5, 5.41) is 6.63. The highest BCUT2D eigenvalue weighted by atomic mass is 35.5. The van der Waals surface area contributed by atoms with Crippen LogP contribution >= 0.6 is 22.9 Å². The third kappa shape index (κ3) is 3.56. The lowest BCUT2D eigenvalue weighted by Crippen LogP contribution is -2.64. The monoisotopic (exact) mass is 493 g/mol. The van der Waals surface area contributed by atoms with E-state index >= 15 is 0 Å². The fourth-order valence-corrected chi connectivity index (χ4v) is 5.78. The molecule has 4 aromatic rings. The summed E-state index contributed by atoms with van der Waals surface area (Å²) in [5.74, 6) is 0.242. The van der Waals surface area contributed by atoms with Gasteiger partial charge >= 0.3 is 0 Å². The maximum atomic E-state index is 13.9. The van der Waals surface area contributed by atoms with Gasteiger partial charge in [0.1, 0.15) is 21.8 Å². The number of carbonyl (C=O) groups excluding carboxylic acids is 2. The van der Waals surface area contributed by atoms with Crippen LogP contribution in [-0.4, -0.2) is 29.0 Å². The lowest BCUT2D eigenvalue weighted by atomic mass is 9.93. The van der Waals surface area contributed by atoms with E-state index in [1.165, 1.54) is 0 Å². The second kappa shape index (κ2) is 8.49. The first-order chi connectivity index (χ1) is 16.3. The maximum absolute atomic E-state index is 13.9. The van der Waals surface area contributed by atoms with Gasteiger partial charge in [-0.3, -0.25) is 14.5 Å². The molecule has 1 unspecified atom stereocenters. The molecule has 0 aliphatic carbocycles. The molecule has 2 aromatic heterocycles. The average Bonchev–Trinajstić information content (AvgIpc) is 3.41. The molecule has 0 spiro atoms. The van der Waals surface area contributed by atoms with E-state index in [2.05, 4.69) is 5.32 Å². The van der Waals surface area contributed by atoms with E-state index in [0.717, 1.165) is 21.3 Å². The molecule has 2 aromatic carbocycles. The smallest absolute Gasteiger partial charge is 0.275 e. The van der Waals surface area contributed by atoms with Crippen molar-refractivity contribution >= 4 is 50.7 Å². The van der Waals surface area contributed by atoms with E-state index in [1.807, 2.05) is 72.3 Å². The molecule has 174 valence electrons. The number of carbonyl (C=O) groups is 2. The Morgan fingerprint density at radius 1 is 1.21 bits per heavy atom. The first kappa shape index (κ1) is 22.5. The van der Waals surface area contributed by atoms with Crippen LogP contribution in [0.4, 0.5) is 5.69 Å². The predicted molar refractivity (Wildman–Crippen MR) is 136 cm³/mol. The SMILES string of the molecule is COc1ccccc1CNC(=O)C1(C)Cn2c(cc3ccsc32)C(=O)N1c1ccc(Cl)cc1C. The van der Waals surface area contributed by atoms with E-state index in [1.54, 1.807) is 29.4 Å². The first-order valence-corrected chi connectivity index (χ1v) is 12.2. The zero-order valence-corrected chi connectivity index (χ0v) is 20.7. The van der Waals surface area contributed by atoms with Gasteiger partial charge in [-0.2, -0.15) is 0 Å². The lowest BCUT2D eigenvalue weighted by molar-refractivity contribution is -0.126. The molecular weight excluding hydrogens is 470 g/mol. The number of methoxy groups -OCH3 is 1. The van der Waals surface area contributed by atoms with Crippen LogP contribution in [0.2, 0.25) is 5.02 Å². The molecule has 34 heavy (non-hydrogen) atoms. The minimum Gasteiger partial charge on any atom is -0.496 e. The molecule has 6 nitrogen and oxygen atoms in total. The number of halogens is 1. The topological polar surface area (TPSA) is 63.6 Å². The summed E-state index contributed by atoms with van der Waals surface area (Å²) < 4.78 is 7.39. The van der Waals surface area contributed by atoms with Gasteiger partial charge in [-0.25, -0.2) is 0 Å². The van der Waals surface area contributed by atoms with Gasteiger partial charge in [0.15, 0.2) is 0 Å². The van der Waals surface area contributed by atoms with Gasteiger partial charge in [-0.05, 0) is 61.2 Å². The standard InChI is InChI=1S/C26H24ClN3O3S/c1-16-12-19(27)8-9-20(16)30-23(31)21-13-17-10-11-34-24(17)29(21)15-26(30,2)25(32)28-14-18-6-4-5-7-22(18)33-3/h4-13H,14-15H2,1-3H3,(H,28,32). The second-order valence-electron chi connectivity index (χ2n) is 8.64. The minimum absolute atomic E-state index is 0.213. The largest absolute Gasteiger partial charge is 0.496 e. The van der Waals surface area contributed by atoms with Gasteiger partial charge in [-0.1, -0.05) is 29.8 Å². The molecule has 5 rings (SSSR count).